The van der Waals surface area contributed by atoms with Crippen LogP contribution in [0.2, 0.25) is 0 Å². The van der Waals surface area contributed by atoms with E-state index in [1.165, 1.54) is 20.9 Å². The maximum absolute atomic E-state index is 13.8. The van der Waals surface area contributed by atoms with E-state index in [0.29, 0.717) is 36.5 Å². The highest BCUT2D eigenvalue weighted by Gasteiger charge is 2.59. The van der Waals surface area contributed by atoms with Crippen LogP contribution in [0.5, 0.6) is 0 Å². The quantitative estimate of drug-likeness (QED) is 0.0814. The summed E-state index contributed by atoms with van der Waals surface area (Å²) in [6.45, 7) is 12.3. The average molecular weight is 584 g/mol. The molecule has 226 valence electrons. The third-order valence-electron chi connectivity index (χ3n) is 7.68. The predicted octanol–water partition coefficient (Wildman–Crippen LogP) is 6.50. The van der Waals surface area contributed by atoms with Crippen LogP contribution in [-0.2, 0) is 14.4 Å². The highest BCUT2D eigenvalue weighted by atomic mass is 19.3. The first-order valence-corrected chi connectivity index (χ1v) is 13.4. The number of hydrogen-bond acceptors (Lipinski definition) is 4. The second-order valence-electron chi connectivity index (χ2n) is 10.8. The lowest BCUT2D eigenvalue weighted by Crippen LogP contribution is -2.65. The number of carbonyl (C=O) groups is 3. The molecule has 0 heterocycles. The molecule has 0 saturated heterocycles. The van der Waals surface area contributed by atoms with Crippen molar-refractivity contribution < 1.29 is 36.3 Å². The van der Waals surface area contributed by atoms with E-state index >= 15 is 0 Å². The standard InChI is InChI=1S/C30H38F5N3O3/c1-8-16(2)10-9-11-17(3)24(27(40)37-21-12-22(31)25(33)23(32)13-21)18(4)19(5)26(39)28(41)38-29(20(6)36-7)14-30(34,35)15-29/h12-13,16,36H,6,8-11,14-15H2,1-5,7H3,(H,37,40)(H,38,41)/b19-18+,24-17-. The zero-order valence-corrected chi connectivity index (χ0v) is 24.3. The van der Waals surface area contributed by atoms with Gasteiger partial charge in [-0.15, -0.1) is 0 Å². The molecule has 1 aromatic carbocycles. The van der Waals surface area contributed by atoms with Gasteiger partial charge in [0.2, 0.25) is 5.78 Å². The van der Waals surface area contributed by atoms with E-state index in [4.69, 9.17) is 0 Å². The Morgan fingerprint density at radius 1 is 1.00 bits per heavy atom. The van der Waals surface area contributed by atoms with Crippen molar-refractivity contribution in [3.8, 4) is 0 Å². The lowest BCUT2D eigenvalue weighted by atomic mass is 9.71. The number of hydrogen-bond donors (Lipinski definition) is 3. The van der Waals surface area contributed by atoms with Gasteiger partial charge in [0, 0.05) is 54.6 Å². The average Bonchev–Trinajstić information content (AvgIpc) is 2.88. The molecule has 1 fully saturated rings. The molecule has 3 N–H and O–H groups in total. The van der Waals surface area contributed by atoms with Gasteiger partial charge in [0.15, 0.2) is 17.5 Å². The Kier molecular flexibility index (Phi) is 11.0. The summed E-state index contributed by atoms with van der Waals surface area (Å²) in [4.78, 5) is 39.5. The van der Waals surface area contributed by atoms with Gasteiger partial charge in [-0.05, 0) is 45.1 Å². The molecule has 0 radical (unpaired) electrons. The Labute approximate surface area is 237 Å². The van der Waals surface area contributed by atoms with E-state index in [1.807, 2.05) is 0 Å². The van der Waals surface area contributed by atoms with Crippen LogP contribution in [0, 0.1) is 23.4 Å². The van der Waals surface area contributed by atoms with Crippen molar-refractivity contribution in [1.29, 1.82) is 0 Å². The van der Waals surface area contributed by atoms with Gasteiger partial charge in [0.05, 0.1) is 5.54 Å². The highest BCUT2D eigenvalue weighted by molar-refractivity contribution is 6.43. The fourth-order valence-corrected chi connectivity index (χ4v) is 4.80. The van der Waals surface area contributed by atoms with Gasteiger partial charge in [-0.25, -0.2) is 22.0 Å². The second-order valence-corrected chi connectivity index (χ2v) is 10.8. The summed E-state index contributed by atoms with van der Waals surface area (Å²) in [5.41, 5.74) is -1.17. The van der Waals surface area contributed by atoms with Gasteiger partial charge in [-0.1, -0.05) is 38.8 Å². The van der Waals surface area contributed by atoms with Crippen molar-refractivity contribution in [2.24, 2.45) is 5.92 Å². The highest BCUT2D eigenvalue weighted by Crippen LogP contribution is 2.48. The molecule has 1 aliphatic carbocycles. The van der Waals surface area contributed by atoms with Crippen LogP contribution in [0.15, 0.2) is 46.7 Å². The van der Waals surface area contributed by atoms with Crippen LogP contribution in [-0.4, -0.2) is 36.1 Å². The monoisotopic (exact) mass is 583 g/mol. The number of rotatable bonds is 13. The number of alkyl halides is 2. The Bertz CT molecular complexity index is 1250. The summed E-state index contributed by atoms with van der Waals surface area (Å²) >= 11 is 0. The van der Waals surface area contributed by atoms with E-state index in [1.54, 1.807) is 6.92 Å². The molecule has 1 aliphatic rings. The van der Waals surface area contributed by atoms with Gasteiger partial charge in [-0.3, -0.25) is 14.4 Å². The Morgan fingerprint density at radius 3 is 2.05 bits per heavy atom. The van der Waals surface area contributed by atoms with E-state index in [0.717, 1.165) is 12.8 Å². The first kappa shape index (κ1) is 33.7. The van der Waals surface area contributed by atoms with E-state index < -0.39 is 59.4 Å². The molecule has 0 aromatic heterocycles. The van der Waals surface area contributed by atoms with Crippen LogP contribution in [0.3, 0.4) is 0 Å². The fourth-order valence-electron chi connectivity index (χ4n) is 4.80. The molecule has 11 heteroatoms. The molecule has 0 bridgehead atoms. The van der Waals surface area contributed by atoms with Crippen molar-refractivity contribution in [1.82, 2.24) is 10.6 Å². The number of ketones is 1. The van der Waals surface area contributed by atoms with Crippen LogP contribution in [0.4, 0.5) is 27.6 Å². The zero-order chi connectivity index (χ0) is 31.3. The summed E-state index contributed by atoms with van der Waals surface area (Å²) in [7, 11) is 1.46. The Morgan fingerprint density at radius 2 is 1.56 bits per heavy atom. The summed E-state index contributed by atoms with van der Waals surface area (Å²) < 4.78 is 68.5. The Hall–Kier alpha value is -3.50. The third kappa shape index (κ3) is 8.04. The Balaban J connectivity index is 2.43. The molecule has 41 heavy (non-hydrogen) atoms. The van der Waals surface area contributed by atoms with Crippen molar-refractivity contribution in [2.45, 2.75) is 84.6 Å². The van der Waals surface area contributed by atoms with E-state index in [9.17, 15) is 36.3 Å². The van der Waals surface area contributed by atoms with Gasteiger partial charge in [0.1, 0.15) is 0 Å². The van der Waals surface area contributed by atoms with Crippen LogP contribution in [0.25, 0.3) is 0 Å². The first-order chi connectivity index (χ1) is 19.0. The summed E-state index contributed by atoms with van der Waals surface area (Å²) in [6, 6.07) is 1.25. The lowest BCUT2D eigenvalue weighted by Gasteiger charge is -2.48. The predicted molar refractivity (Wildman–Crippen MR) is 148 cm³/mol. The largest absolute Gasteiger partial charge is 0.390 e. The van der Waals surface area contributed by atoms with E-state index in [2.05, 4.69) is 36.4 Å². The van der Waals surface area contributed by atoms with Crippen LogP contribution in [0.1, 0.15) is 73.1 Å². The SMILES string of the molecule is C=C(NC)C1(NC(=O)C(=O)/C(C)=C(C)/C(C(=O)Nc2cc(F)c(F)c(F)c2)=C(\C)CCCC(C)CC)CC(F)(F)C1. The number of halogens is 5. The van der Waals surface area contributed by atoms with Gasteiger partial charge < -0.3 is 16.0 Å². The molecule has 6 nitrogen and oxygen atoms in total. The molecule has 0 aliphatic heterocycles. The van der Waals surface area contributed by atoms with Crippen molar-refractivity contribution >= 4 is 23.3 Å². The molecule has 1 unspecified atom stereocenters. The molecule has 0 spiro atoms. The van der Waals surface area contributed by atoms with Gasteiger partial charge >= 0.3 is 0 Å². The molecule has 2 amide bonds. The number of anilines is 1. The van der Waals surface area contributed by atoms with Crippen LogP contribution < -0.4 is 16.0 Å². The number of carbonyl (C=O) groups excluding carboxylic acids is 3. The topological polar surface area (TPSA) is 87.3 Å². The number of likely N-dealkylation sites (N-methyl/N-ethyl adjacent to an activating group) is 1. The fraction of sp³-hybridized carbons (Fsp3) is 0.500. The summed E-state index contributed by atoms with van der Waals surface area (Å²) in [5, 5.41) is 7.37. The van der Waals surface area contributed by atoms with Crippen molar-refractivity contribution in [2.75, 3.05) is 12.4 Å². The maximum Gasteiger partial charge on any atom is 0.292 e. The number of nitrogens with one attached hydrogen (secondary N) is 3. The minimum absolute atomic E-state index is 0.0162. The molecular weight excluding hydrogens is 545 g/mol. The van der Waals surface area contributed by atoms with Gasteiger partial charge in [-0.2, -0.15) is 0 Å². The minimum atomic E-state index is -3.03. The second kappa shape index (κ2) is 13.4. The maximum atomic E-state index is 13.8. The molecular formula is C30H38F5N3O3. The van der Waals surface area contributed by atoms with Gasteiger partial charge in [0.25, 0.3) is 17.7 Å². The first-order valence-electron chi connectivity index (χ1n) is 13.4. The smallest absolute Gasteiger partial charge is 0.292 e. The van der Waals surface area contributed by atoms with Crippen molar-refractivity contribution in [3.05, 3.63) is 64.2 Å². The van der Waals surface area contributed by atoms with Crippen LogP contribution >= 0.6 is 0 Å². The summed E-state index contributed by atoms with van der Waals surface area (Å²) in [5.74, 6) is -10.3. The lowest BCUT2D eigenvalue weighted by molar-refractivity contribution is -0.147. The number of benzene rings is 1. The number of amides is 2. The normalized spacial score (nSPS) is 17.3. The molecule has 2 rings (SSSR count). The minimum Gasteiger partial charge on any atom is -0.390 e. The molecule has 1 atom stereocenters. The van der Waals surface area contributed by atoms with Crippen molar-refractivity contribution in [3.63, 3.8) is 0 Å². The number of Topliss-reactive ketones (excluding diaryl/α,β-unsaturated/α-hetero) is 1. The molecule has 1 aromatic rings. The third-order valence-corrected chi connectivity index (χ3v) is 7.68. The zero-order valence-electron chi connectivity index (χ0n) is 24.3. The summed E-state index contributed by atoms with van der Waals surface area (Å²) in [6.07, 6.45) is 1.53. The molecule has 1 saturated carbocycles. The van der Waals surface area contributed by atoms with E-state index in [-0.39, 0.29) is 28.1 Å². The number of allylic oxidation sites excluding steroid dienone is 1.